The lowest BCUT2D eigenvalue weighted by Gasteiger charge is -2.23. The molecular formula is C16H16BrF3N4O. The molecule has 2 aromatic heterocycles. The van der Waals surface area contributed by atoms with E-state index in [0.29, 0.717) is 37.7 Å². The molecule has 1 saturated heterocycles. The van der Waals surface area contributed by atoms with Crippen LogP contribution in [0.5, 0.6) is 0 Å². The van der Waals surface area contributed by atoms with Gasteiger partial charge in [-0.2, -0.15) is 13.2 Å². The molecule has 1 N–H and O–H groups in total. The van der Waals surface area contributed by atoms with Crippen LogP contribution in [0.4, 0.5) is 19.0 Å². The molecule has 2 aromatic rings. The number of nitrogens with one attached hydrogen (secondary N) is 1. The van der Waals surface area contributed by atoms with Crippen molar-refractivity contribution in [1.82, 2.24) is 14.9 Å². The normalized spacial score (nSPS) is 16.0. The maximum atomic E-state index is 12.6. The molecular weight excluding hydrogens is 401 g/mol. The summed E-state index contributed by atoms with van der Waals surface area (Å²) in [6.07, 6.45) is -1.13. The lowest BCUT2D eigenvalue weighted by Crippen LogP contribution is -2.35. The number of alkyl halides is 3. The van der Waals surface area contributed by atoms with Gasteiger partial charge < -0.3 is 14.8 Å². The molecule has 25 heavy (non-hydrogen) atoms. The first kappa shape index (κ1) is 17.8. The van der Waals surface area contributed by atoms with Crippen molar-refractivity contribution in [3.8, 4) is 0 Å². The summed E-state index contributed by atoms with van der Waals surface area (Å²) in [5.41, 5.74) is -0.256. The van der Waals surface area contributed by atoms with E-state index in [-0.39, 0.29) is 5.91 Å². The fourth-order valence-electron chi connectivity index (χ4n) is 2.75. The molecule has 0 unspecified atom stereocenters. The average molecular weight is 417 g/mol. The topological polar surface area (TPSA) is 52.2 Å². The van der Waals surface area contributed by atoms with Gasteiger partial charge >= 0.3 is 6.18 Å². The summed E-state index contributed by atoms with van der Waals surface area (Å²) in [5, 5.41) is 0. The van der Waals surface area contributed by atoms with Crippen molar-refractivity contribution in [1.29, 1.82) is 0 Å². The van der Waals surface area contributed by atoms with E-state index in [1.54, 1.807) is 17.2 Å². The minimum absolute atomic E-state index is 0.0899. The van der Waals surface area contributed by atoms with E-state index in [2.05, 4.69) is 25.9 Å². The van der Waals surface area contributed by atoms with Crippen LogP contribution in [-0.2, 0) is 6.18 Å². The van der Waals surface area contributed by atoms with Gasteiger partial charge in [-0.25, -0.2) is 4.98 Å². The zero-order valence-corrected chi connectivity index (χ0v) is 14.8. The van der Waals surface area contributed by atoms with Gasteiger partial charge in [-0.15, -0.1) is 0 Å². The zero-order valence-electron chi connectivity index (χ0n) is 13.2. The number of hydrogen-bond donors (Lipinski definition) is 1. The second-order valence-electron chi connectivity index (χ2n) is 5.77. The van der Waals surface area contributed by atoms with Crippen molar-refractivity contribution in [2.45, 2.75) is 12.6 Å². The largest absolute Gasteiger partial charge is 0.417 e. The minimum Gasteiger partial charge on any atom is -0.356 e. The number of aromatic nitrogens is 2. The van der Waals surface area contributed by atoms with Crippen LogP contribution in [0.25, 0.3) is 0 Å². The van der Waals surface area contributed by atoms with Gasteiger partial charge in [0.15, 0.2) is 0 Å². The van der Waals surface area contributed by atoms with Crippen molar-refractivity contribution in [2.24, 2.45) is 0 Å². The average Bonchev–Trinajstić information content (AvgIpc) is 2.86. The highest BCUT2D eigenvalue weighted by molar-refractivity contribution is 9.10. The van der Waals surface area contributed by atoms with Crippen LogP contribution in [0, 0.1) is 0 Å². The van der Waals surface area contributed by atoms with E-state index in [9.17, 15) is 18.0 Å². The second kappa shape index (κ2) is 7.07. The molecule has 0 aromatic carbocycles. The van der Waals surface area contributed by atoms with Gasteiger partial charge in [-0.1, -0.05) is 0 Å². The first-order chi connectivity index (χ1) is 11.8. The third kappa shape index (κ3) is 4.15. The van der Waals surface area contributed by atoms with Crippen molar-refractivity contribution in [3.63, 3.8) is 0 Å². The Balaban J connectivity index is 1.66. The number of pyridine rings is 1. The standard InChI is InChI=1S/C16H16BrF3N4O/c17-12-8-13(21-10-12)15(25)24-5-1-4-23(6-7-24)14-3-2-11(9-22-14)16(18,19)20/h2-3,8-10,21H,1,4-7H2. The van der Waals surface area contributed by atoms with Crippen molar-refractivity contribution in [2.75, 3.05) is 31.1 Å². The third-order valence-corrected chi connectivity index (χ3v) is 4.52. The Morgan fingerprint density at radius 3 is 2.60 bits per heavy atom. The van der Waals surface area contributed by atoms with Gasteiger partial charge in [0.05, 0.1) is 5.56 Å². The molecule has 9 heteroatoms. The number of carbonyl (C=O) groups is 1. The lowest BCUT2D eigenvalue weighted by atomic mass is 10.2. The monoisotopic (exact) mass is 416 g/mol. The lowest BCUT2D eigenvalue weighted by molar-refractivity contribution is -0.137. The molecule has 5 nitrogen and oxygen atoms in total. The molecule has 1 amide bonds. The van der Waals surface area contributed by atoms with Crippen molar-refractivity contribution in [3.05, 3.63) is 46.3 Å². The van der Waals surface area contributed by atoms with E-state index in [4.69, 9.17) is 0 Å². The predicted molar refractivity (Wildman–Crippen MR) is 90.5 cm³/mol. The van der Waals surface area contributed by atoms with Crippen LogP contribution >= 0.6 is 15.9 Å². The summed E-state index contributed by atoms with van der Waals surface area (Å²) < 4.78 is 38.7. The third-order valence-electron chi connectivity index (χ3n) is 4.06. The van der Waals surface area contributed by atoms with Crippen molar-refractivity contribution >= 4 is 27.7 Å². The molecule has 134 valence electrons. The summed E-state index contributed by atoms with van der Waals surface area (Å²) in [4.78, 5) is 23.0. The number of aromatic amines is 1. The fourth-order valence-corrected chi connectivity index (χ4v) is 3.10. The Kier molecular flexibility index (Phi) is 5.03. The molecule has 0 saturated carbocycles. The Labute approximate surface area is 151 Å². The maximum Gasteiger partial charge on any atom is 0.417 e. The van der Waals surface area contributed by atoms with Crippen molar-refractivity contribution < 1.29 is 18.0 Å². The van der Waals surface area contributed by atoms with Gasteiger partial charge in [0, 0.05) is 43.0 Å². The number of H-pyrrole nitrogens is 1. The predicted octanol–water partition coefficient (Wildman–Crippen LogP) is 3.54. The Morgan fingerprint density at radius 2 is 2.00 bits per heavy atom. The molecule has 1 aliphatic heterocycles. The number of amides is 1. The van der Waals surface area contributed by atoms with E-state index >= 15 is 0 Å². The smallest absolute Gasteiger partial charge is 0.356 e. The Hall–Kier alpha value is -2.03. The first-order valence-corrected chi connectivity index (χ1v) is 8.55. The van der Waals surface area contributed by atoms with E-state index < -0.39 is 11.7 Å². The minimum atomic E-state index is -4.39. The van der Waals surface area contributed by atoms with E-state index in [1.165, 1.54) is 6.07 Å². The molecule has 0 atom stereocenters. The molecule has 3 heterocycles. The summed E-state index contributed by atoms with van der Waals surface area (Å²) >= 11 is 3.30. The number of halogens is 4. The molecule has 0 radical (unpaired) electrons. The van der Waals surface area contributed by atoms with Gasteiger partial charge in [0.2, 0.25) is 0 Å². The molecule has 0 aliphatic carbocycles. The molecule has 1 fully saturated rings. The molecule has 0 bridgehead atoms. The van der Waals surface area contributed by atoms with Crippen LogP contribution in [0.15, 0.2) is 35.1 Å². The molecule has 1 aliphatic rings. The first-order valence-electron chi connectivity index (χ1n) is 7.76. The van der Waals surface area contributed by atoms with Crippen LogP contribution < -0.4 is 4.90 Å². The van der Waals surface area contributed by atoms with Crippen LogP contribution in [0.2, 0.25) is 0 Å². The fraction of sp³-hybridized carbons (Fsp3) is 0.375. The second-order valence-corrected chi connectivity index (χ2v) is 6.68. The van der Waals surface area contributed by atoms with E-state index in [1.807, 2.05) is 4.90 Å². The summed E-state index contributed by atoms with van der Waals surface area (Å²) in [5.74, 6) is 0.401. The zero-order chi connectivity index (χ0) is 18.0. The van der Waals surface area contributed by atoms with Crippen LogP contribution in [0.3, 0.4) is 0 Å². The Morgan fingerprint density at radius 1 is 1.20 bits per heavy atom. The van der Waals surface area contributed by atoms with Gasteiger partial charge in [0.1, 0.15) is 11.5 Å². The maximum absolute atomic E-state index is 12.6. The van der Waals surface area contributed by atoms with Crippen LogP contribution in [-0.4, -0.2) is 47.0 Å². The summed E-state index contributed by atoms with van der Waals surface area (Å²) in [7, 11) is 0. The van der Waals surface area contributed by atoms with Gasteiger partial charge in [-0.3, -0.25) is 4.79 Å². The molecule has 3 rings (SSSR count). The highest BCUT2D eigenvalue weighted by Crippen LogP contribution is 2.29. The van der Waals surface area contributed by atoms with Crippen LogP contribution in [0.1, 0.15) is 22.5 Å². The number of rotatable bonds is 2. The quantitative estimate of drug-likeness (QED) is 0.814. The molecule has 0 spiro atoms. The number of carbonyl (C=O) groups excluding carboxylic acids is 1. The summed E-state index contributed by atoms with van der Waals surface area (Å²) in [6.45, 7) is 2.23. The summed E-state index contributed by atoms with van der Waals surface area (Å²) in [6, 6.07) is 4.14. The number of nitrogens with zero attached hydrogens (tertiary/aromatic N) is 3. The Bertz CT molecular complexity index is 745. The van der Waals surface area contributed by atoms with E-state index in [0.717, 1.165) is 23.2 Å². The number of anilines is 1. The van der Waals surface area contributed by atoms with Gasteiger partial charge in [0.25, 0.3) is 5.91 Å². The van der Waals surface area contributed by atoms with Gasteiger partial charge in [-0.05, 0) is 40.5 Å². The number of hydrogen-bond acceptors (Lipinski definition) is 3. The highest BCUT2D eigenvalue weighted by Gasteiger charge is 2.31. The highest BCUT2D eigenvalue weighted by atomic mass is 79.9. The SMILES string of the molecule is O=C(c1cc(Br)c[nH]1)N1CCCN(c2ccc(C(F)(F)F)cn2)CC1.